The highest BCUT2D eigenvalue weighted by atomic mass is 79.9. The molecule has 2 aromatic carbocycles. The predicted molar refractivity (Wildman–Crippen MR) is 88.9 cm³/mol. The van der Waals surface area contributed by atoms with Gasteiger partial charge in [-0.15, -0.1) is 0 Å². The van der Waals surface area contributed by atoms with Gasteiger partial charge < -0.3 is 10.1 Å². The Balaban J connectivity index is 2.18. The van der Waals surface area contributed by atoms with Crippen LogP contribution in [0.4, 0.5) is 5.69 Å². The minimum absolute atomic E-state index is 0.0937. The van der Waals surface area contributed by atoms with Crippen LogP contribution < -0.4 is 10.1 Å². The van der Waals surface area contributed by atoms with Crippen molar-refractivity contribution in [2.75, 3.05) is 12.4 Å². The fraction of sp³-hybridized carbons (Fsp3) is 0.188. The summed E-state index contributed by atoms with van der Waals surface area (Å²) < 4.78 is 6.14. The predicted octanol–water partition coefficient (Wildman–Crippen LogP) is 5.16. The van der Waals surface area contributed by atoms with E-state index in [9.17, 15) is 0 Å². The minimum atomic E-state index is 0.0937. The zero-order chi connectivity index (χ0) is 15.4. The third-order valence-electron chi connectivity index (χ3n) is 3.15. The number of hydrogen-bond acceptors (Lipinski definition) is 3. The first-order chi connectivity index (χ1) is 10.0. The molecular weight excluding hydrogens is 352 g/mol. The van der Waals surface area contributed by atoms with Gasteiger partial charge in [-0.05, 0) is 58.7 Å². The number of nitrogens with one attached hydrogen (secondary N) is 1. The van der Waals surface area contributed by atoms with Crippen LogP contribution in [-0.2, 0) is 0 Å². The Morgan fingerprint density at radius 1 is 1.29 bits per heavy atom. The smallest absolute Gasteiger partial charge is 0.133 e. The molecule has 0 bridgehead atoms. The lowest BCUT2D eigenvalue weighted by Crippen LogP contribution is -2.06. The molecule has 0 aliphatic rings. The van der Waals surface area contributed by atoms with Gasteiger partial charge in [0.15, 0.2) is 0 Å². The summed E-state index contributed by atoms with van der Waals surface area (Å²) in [5, 5.41) is 12.7. The van der Waals surface area contributed by atoms with Crippen LogP contribution in [0.25, 0.3) is 0 Å². The molecule has 108 valence electrons. The first-order valence-electron chi connectivity index (χ1n) is 6.34. The van der Waals surface area contributed by atoms with Crippen molar-refractivity contribution in [3.63, 3.8) is 0 Å². The van der Waals surface area contributed by atoms with Crippen LogP contribution in [0.15, 0.2) is 40.9 Å². The third kappa shape index (κ3) is 3.69. The van der Waals surface area contributed by atoms with Crippen molar-refractivity contribution in [3.05, 3.63) is 57.0 Å². The normalized spacial score (nSPS) is 11.6. The molecule has 0 aliphatic heterocycles. The molecule has 5 heteroatoms. The lowest BCUT2D eigenvalue weighted by Gasteiger charge is -2.17. The fourth-order valence-corrected chi connectivity index (χ4v) is 2.76. The van der Waals surface area contributed by atoms with Crippen LogP contribution in [0.2, 0.25) is 5.02 Å². The summed E-state index contributed by atoms with van der Waals surface area (Å²) in [6.45, 7) is 2.06. The van der Waals surface area contributed by atoms with Gasteiger partial charge in [0, 0.05) is 11.7 Å². The quantitative estimate of drug-likeness (QED) is 0.814. The number of halogens is 2. The molecule has 1 unspecified atom stereocenters. The summed E-state index contributed by atoms with van der Waals surface area (Å²) in [4.78, 5) is 0. The average molecular weight is 366 g/mol. The number of rotatable bonds is 4. The molecule has 2 aromatic rings. The van der Waals surface area contributed by atoms with Crippen molar-refractivity contribution in [2.24, 2.45) is 0 Å². The summed E-state index contributed by atoms with van der Waals surface area (Å²) in [6.07, 6.45) is 0. The zero-order valence-corrected chi connectivity index (χ0v) is 14.0. The molecule has 0 heterocycles. The van der Waals surface area contributed by atoms with E-state index in [4.69, 9.17) is 21.6 Å². The molecule has 1 N–H and O–H groups in total. The van der Waals surface area contributed by atoms with Crippen molar-refractivity contribution in [1.29, 1.82) is 5.26 Å². The second kappa shape index (κ2) is 6.84. The number of methoxy groups -OCH3 is 1. The molecule has 3 nitrogen and oxygen atoms in total. The Labute approximate surface area is 137 Å². The van der Waals surface area contributed by atoms with Crippen LogP contribution in [0, 0.1) is 11.3 Å². The van der Waals surface area contributed by atoms with Gasteiger partial charge in [-0.25, -0.2) is 0 Å². The first-order valence-corrected chi connectivity index (χ1v) is 7.52. The highest BCUT2D eigenvalue weighted by Crippen LogP contribution is 2.30. The zero-order valence-electron chi connectivity index (χ0n) is 11.7. The molecule has 0 radical (unpaired) electrons. The second-order valence-electron chi connectivity index (χ2n) is 4.57. The van der Waals surface area contributed by atoms with E-state index < -0.39 is 0 Å². The molecule has 0 fully saturated rings. The highest BCUT2D eigenvalue weighted by molar-refractivity contribution is 9.10. The summed E-state index contributed by atoms with van der Waals surface area (Å²) in [6, 6.07) is 13.4. The summed E-state index contributed by atoms with van der Waals surface area (Å²) in [7, 11) is 1.64. The van der Waals surface area contributed by atoms with Crippen molar-refractivity contribution in [2.45, 2.75) is 13.0 Å². The number of anilines is 1. The molecule has 21 heavy (non-hydrogen) atoms. The monoisotopic (exact) mass is 364 g/mol. The van der Waals surface area contributed by atoms with E-state index in [1.807, 2.05) is 30.3 Å². The summed E-state index contributed by atoms with van der Waals surface area (Å²) in [5.41, 5.74) is 2.46. The molecule has 1 atom stereocenters. The largest absolute Gasteiger partial charge is 0.496 e. The van der Waals surface area contributed by atoms with Crippen LogP contribution >= 0.6 is 27.5 Å². The van der Waals surface area contributed by atoms with E-state index in [2.05, 4.69) is 28.2 Å². The Hall–Kier alpha value is -1.70. The van der Waals surface area contributed by atoms with Gasteiger partial charge in [0.1, 0.15) is 11.8 Å². The number of nitrogens with zero attached hydrogens (tertiary/aromatic N) is 1. The van der Waals surface area contributed by atoms with Crippen LogP contribution in [0.3, 0.4) is 0 Å². The van der Waals surface area contributed by atoms with Gasteiger partial charge in [0.25, 0.3) is 0 Å². The van der Waals surface area contributed by atoms with E-state index in [1.165, 1.54) is 0 Å². The maximum absolute atomic E-state index is 8.88. The third-order valence-corrected chi connectivity index (χ3v) is 4.08. The van der Waals surface area contributed by atoms with Crippen LogP contribution in [0.5, 0.6) is 5.75 Å². The van der Waals surface area contributed by atoms with Gasteiger partial charge in [-0.2, -0.15) is 5.26 Å². The molecule has 0 spiro atoms. The average Bonchev–Trinajstić information content (AvgIpc) is 2.47. The van der Waals surface area contributed by atoms with E-state index in [0.717, 1.165) is 21.5 Å². The molecule has 0 saturated heterocycles. The molecule has 0 aliphatic carbocycles. The molecule has 0 aromatic heterocycles. The van der Waals surface area contributed by atoms with E-state index >= 15 is 0 Å². The Bertz CT molecular complexity index is 697. The lowest BCUT2D eigenvalue weighted by atomic mass is 10.1. The first kappa shape index (κ1) is 15.7. The Morgan fingerprint density at radius 2 is 2.05 bits per heavy atom. The minimum Gasteiger partial charge on any atom is -0.496 e. The Kier molecular flexibility index (Phi) is 5.11. The standard InChI is InChI=1S/C16H14BrClN2O/c1-10(11-4-6-16(21-2)14(17)7-11)20-13-5-3-12(9-19)15(18)8-13/h3-8,10,20H,1-2H3. The van der Waals surface area contributed by atoms with Gasteiger partial charge in [0.2, 0.25) is 0 Å². The maximum Gasteiger partial charge on any atom is 0.133 e. The van der Waals surface area contributed by atoms with Gasteiger partial charge in [-0.1, -0.05) is 17.7 Å². The molecule has 2 rings (SSSR count). The van der Waals surface area contributed by atoms with Crippen molar-refractivity contribution < 1.29 is 4.74 Å². The van der Waals surface area contributed by atoms with Gasteiger partial charge >= 0.3 is 0 Å². The number of ether oxygens (including phenoxy) is 1. The van der Waals surface area contributed by atoms with Crippen LogP contribution in [-0.4, -0.2) is 7.11 Å². The van der Waals surface area contributed by atoms with E-state index in [1.54, 1.807) is 19.2 Å². The maximum atomic E-state index is 8.88. The summed E-state index contributed by atoms with van der Waals surface area (Å²) in [5.74, 6) is 0.798. The van der Waals surface area contributed by atoms with E-state index in [-0.39, 0.29) is 6.04 Å². The van der Waals surface area contributed by atoms with Gasteiger partial charge in [0.05, 0.1) is 22.2 Å². The SMILES string of the molecule is COc1ccc(C(C)Nc2ccc(C#N)c(Cl)c2)cc1Br. The van der Waals surface area contributed by atoms with Gasteiger partial charge in [-0.3, -0.25) is 0 Å². The fourth-order valence-electron chi connectivity index (χ4n) is 1.98. The molecular formula is C16H14BrClN2O. The topological polar surface area (TPSA) is 45.0 Å². The Morgan fingerprint density at radius 3 is 2.62 bits per heavy atom. The van der Waals surface area contributed by atoms with Crippen molar-refractivity contribution >= 4 is 33.2 Å². The molecule has 0 amide bonds. The lowest BCUT2D eigenvalue weighted by molar-refractivity contribution is 0.412. The summed E-state index contributed by atoms with van der Waals surface area (Å²) >= 11 is 9.52. The molecule has 0 saturated carbocycles. The van der Waals surface area contributed by atoms with Crippen molar-refractivity contribution in [1.82, 2.24) is 0 Å². The number of benzene rings is 2. The van der Waals surface area contributed by atoms with E-state index in [0.29, 0.717) is 10.6 Å². The van der Waals surface area contributed by atoms with Crippen molar-refractivity contribution in [3.8, 4) is 11.8 Å². The highest BCUT2D eigenvalue weighted by Gasteiger charge is 2.09. The second-order valence-corrected chi connectivity index (χ2v) is 5.83. The number of hydrogen-bond donors (Lipinski definition) is 1. The number of nitriles is 1. The van der Waals surface area contributed by atoms with Crippen LogP contribution in [0.1, 0.15) is 24.1 Å².